The minimum Gasteiger partial charge on any atom is -0.496 e. The number of alkyl halides is 3. The highest BCUT2D eigenvalue weighted by molar-refractivity contribution is 7.92. The highest BCUT2D eigenvalue weighted by Gasteiger charge is 2.40. The Morgan fingerprint density at radius 1 is 1.13 bits per heavy atom. The molecule has 0 aromatic heterocycles. The van der Waals surface area contributed by atoms with E-state index in [4.69, 9.17) is 16.3 Å². The van der Waals surface area contributed by atoms with Crippen LogP contribution in [0.3, 0.4) is 0 Å². The van der Waals surface area contributed by atoms with Crippen LogP contribution in [0, 0.1) is 0 Å². The van der Waals surface area contributed by atoms with E-state index in [-0.39, 0.29) is 24.2 Å². The molecule has 0 spiro atoms. The number of methoxy groups -OCH3 is 1. The van der Waals surface area contributed by atoms with Crippen molar-refractivity contribution in [3.8, 4) is 5.75 Å². The molecule has 0 radical (unpaired) electrons. The molecule has 0 aliphatic heterocycles. The van der Waals surface area contributed by atoms with E-state index in [1.165, 1.54) is 43.5 Å². The normalized spacial score (nSPS) is 16.5. The lowest BCUT2D eigenvalue weighted by atomic mass is 9.87. The number of carbonyl (C=O) groups is 1. The van der Waals surface area contributed by atoms with Gasteiger partial charge in [-0.1, -0.05) is 11.6 Å². The van der Waals surface area contributed by atoms with Crippen molar-refractivity contribution in [2.75, 3.05) is 11.8 Å². The van der Waals surface area contributed by atoms with Crippen molar-refractivity contribution in [1.29, 1.82) is 0 Å². The van der Waals surface area contributed by atoms with Gasteiger partial charge in [0.1, 0.15) is 5.75 Å². The van der Waals surface area contributed by atoms with Crippen LogP contribution in [0.2, 0.25) is 5.02 Å². The maximum Gasteiger partial charge on any atom is 0.471 e. The smallest absolute Gasteiger partial charge is 0.471 e. The molecule has 0 saturated heterocycles. The van der Waals surface area contributed by atoms with Crippen LogP contribution in [0.1, 0.15) is 17.5 Å². The van der Waals surface area contributed by atoms with Gasteiger partial charge < -0.3 is 10.1 Å². The summed E-state index contributed by atoms with van der Waals surface area (Å²) in [7, 11) is -2.59. The predicted molar refractivity (Wildman–Crippen MR) is 105 cm³/mol. The second kappa shape index (κ2) is 8.35. The molecule has 0 unspecified atom stereocenters. The molecule has 0 heterocycles. The molecule has 162 valence electrons. The zero-order valence-corrected chi connectivity index (χ0v) is 17.3. The van der Waals surface area contributed by atoms with Gasteiger partial charge in [0.15, 0.2) is 0 Å². The van der Waals surface area contributed by atoms with Crippen molar-refractivity contribution in [3.63, 3.8) is 0 Å². The number of hydrogen-bond donors (Lipinski definition) is 2. The molecule has 1 amide bonds. The fraction of sp³-hybridized carbons (Fsp3) is 0.316. The number of anilines is 1. The number of fused-ring (bicyclic) bond motifs is 1. The summed E-state index contributed by atoms with van der Waals surface area (Å²) in [6.07, 6.45) is -4.65. The zero-order chi connectivity index (χ0) is 22.1. The first-order valence-electron chi connectivity index (χ1n) is 8.86. The van der Waals surface area contributed by atoms with E-state index >= 15 is 0 Å². The summed E-state index contributed by atoms with van der Waals surface area (Å²) in [4.78, 5) is 11.3. The lowest BCUT2D eigenvalue weighted by Gasteiger charge is -2.28. The van der Waals surface area contributed by atoms with E-state index < -0.39 is 28.1 Å². The molecular weight excluding hydrogens is 445 g/mol. The number of sulfonamides is 1. The van der Waals surface area contributed by atoms with Crippen LogP contribution in [0.25, 0.3) is 0 Å². The largest absolute Gasteiger partial charge is 0.496 e. The summed E-state index contributed by atoms with van der Waals surface area (Å²) in [5.74, 6) is -1.68. The molecular formula is C19H18ClF3N2O4S. The molecule has 2 N–H and O–H groups in total. The molecule has 2 aromatic carbocycles. The van der Waals surface area contributed by atoms with Gasteiger partial charge in [0, 0.05) is 22.3 Å². The summed E-state index contributed by atoms with van der Waals surface area (Å²) < 4.78 is 71.3. The summed E-state index contributed by atoms with van der Waals surface area (Å²) in [6.45, 7) is 0. The highest BCUT2D eigenvalue weighted by Crippen LogP contribution is 2.35. The van der Waals surface area contributed by atoms with Crippen molar-refractivity contribution in [3.05, 3.63) is 52.5 Å². The topological polar surface area (TPSA) is 84.5 Å². The number of amides is 1. The quantitative estimate of drug-likeness (QED) is 0.710. The van der Waals surface area contributed by atoms with Crippen molar-refractivity contribution < 1.29 is 31.1 Å². The van der Waals surface area contributed by atoms with Crippen molar-refractivity contribution in [2.45, 2.75) is 36.4 Å². The van der Waals surface area contributed by atoms with Gasteiger partial charge in [-0.2, -0.15) is 13.2 Å². The van der Waals surface area contributed by atoms with Gasteiger partial charge in [0.2, 0.25) is 0 Å². The van der Waals surface area contributed by atoms with Crippen LogP contribution < -0.4 is 14.8 Å². The van der Waals surface area contributed by atoms with E-state index in [1.54, 1.807) is 0 Å². The number of hydrogen-bond acceptors (Lipinski definition) is 4. The molecule has 1 aliphatic carbocycles. The van der Waals surface area contributed by atoms with Crippen LogP contribution in [0.15, 0.2) is 41.3 Å². The average molecular weight is 463 g/mol. The van der Waals surface area contributed by atoms with Crippen LogP contribution >= 0.6 is 11.6 Å². The van der Waals surface area contributed by atoms with Gasteiger partial charge in [-0.3, -0.25) is 9.52 Å². The second-order valence-electron chi connectivity index (χ2n) is 6.75. The number of ether oxygens (including phenoxy) is 1. The molecule has 0 fully saturated rings. The molecule has 1 atom stereocenters. The molecule has 6 nitrogen and oxygen atoms in total. The highest BCUT2D eigenvalue weighted by atomic mass is 35.5. The van der Waals surface area contributed by atoms with Gasteiger partial charge in [-0.15, -0.1) is 0 Å². The van der Waals surface area contributed by atoms with Crippen LogP contribution in [0.5, 0.6) is 5.75 Å². The summed E-state index contributed by atoms with van der Waals surface area (Å²) in [5.41, 5.74) is 1.22. The fourth-order valence-corrected chi connectivity index (χ4v) is 4.86. The number of nitrogens with one attached hydrogen (secondary N) is 2. The first-order valence-corrected chi connectivity index (χ1v) is 10.7. The van der Waals surface area contributed by atoms with Crippen LogP contribution in [-0.2, 0) is 27.7 Å². The third-order valence-corrected chi connectivity index (χ3v) is 6.46. The first-order chi connectivity index (χ1) is 14.0. The second-order valence-corrected chi connectivity index (χ2v) is 8.83. The van der Waals surface area contributed by atoms with Gasteiger partial charge in [0.05, 0.1) is 12.0 Å². The zero-order valence-electron chi connectivity index (χ0n) is 15.7. The third-order valence-electron chi connectivity index (χ3n) is 4.74. The lowest BCUT2D eigenvalue weighted by molar-refractivity contribution is -0.174. The maximum atomic E-state index is 12.9. The molecule has 2 aromatic rings. The van der Waals surface area contributed by atoms with E-state index in [1.807, 2.05) is 5.32 Å². The minimum absolute atomic E-state index is 0.00819. The Labute approximate surface area is 176 Å². The molecule has 30 heavy (non-hydrogen) atoms. The van der Waals surface area contributed by atoms with Crippen molar-refractivity contribution in [1.82, 2.24) is 5.32 Å². The third kappa shape index (κ3) is 4.81. The first kappa shape index (κ1) is 22.2. The van der Waals surface area contributed by atoms with Crippen molar-refractivity contribution >= 4 is 33.2 Å². The van der Waals surface area contributed by atoms with E-state index in [0.29, 0.717) is 27.6 Å². The van der Waals surface area contributed by atoms with Crippen LogP contribution in [0.4, 0.5) is 18.9 Å². The summed E-state index contributed by atoms with van der Waals surface area (Å²) in [5, 5.41) is 2.41. The summed E-state index contributed by atoms with van der Waals surface area (Å²) >= 11 is 5.81. The monoisotopic (exact) mass is 462 g/mol. The Bertz CT molecular complexity index is 1060. The van der Waals surface area contributed by atoms with E-state index in [9.17, 15) is 26.4 Å². The SMILES string of the molecule is COc1ccc(S(=O)(=O)Nc2ccc(Cl)cc2)c2c1C[C@@H](NC(=O)C(F)(F)F)CC2. The molecule has 3 rings (SSSR count). The molecule has 0 bridgehead atoms. The van der Waals surface area contributed by atoms with Gasteiger partial charge in [-0.25, -0.2) is 8.42 Å². The maximum absolute atomic E-state index is 12.9. The molecule has 11 heteroatoms. The minimum atomic E-state index is -4.99. The van der Waals surface area contributed by atoms with E-state index in [0.717, 1.165) is 0 Å². The predicted octanol–water partition coefficient (Wildman–Crippen LogP) is 3.69. The summed E-state index contributed by atoms with van der Waals surface area (Å²) in [6, 6.07) is 8.15. The molecule has 1 aliphatic rings. The Hall–Kier alpha value is -2.46. The Balaban J connectivity index is 1.91. The van der Waals surface area contributed by atoms with Crippen molar-refractivity contribution in [2.24, 2.45) is 0 Å². The Morgan fingerprint density at radius 2 is 1.80 bits per heavy atom. The average Bonchev–Trinajstić information content (AvgIpc) is 2.67. The van der Waals surface area contributed by atoms with Gasteiger partial charge in [0.25, 0.3) is 10.0 Å². The number of benzene rings is 2. The standard InChI is InChI=1S/C19H18ClF3N2O4S/c1-29-16-8-9-17(30(27,28)25-12-4-2-11(20)3-5-12)14-7-6-13(10-15(14)16)24-18(26)19(21,22)23/h2-5,8-9,13,25H,6-7,10H2,1H3,(H,24,26)/t13-/m0/s1. The Kier molecular flexibility index (Phi) is 6.19. The van der Waals surface area contributed by atoms with E-state index in [2.05, 4.69) is 4.72 Å². The lowest BCUT2D eigenvalue weighted by Crippen LogP contribution is -2.45. The number of rotatable bonds is 5. The Morgan fingerprint density at radius 3 is 2.40 bits per heavy atom. The van der Waals surface area contributed by atoms with Gasteiger partial charge >= 0.3 is 12.1 Å². The van der Waals surface area contributed by atoms with Gasteiger partial charge in [-0.05, 0) is 61.2 Å². The van der Waals surface area contributed by atoms with Crippen LogP contribution in [-0.4, -0.2) is 33.7 Å². The number of carbonyl (C=O) groups excluding carboxylic acids is 1. The molecule has 0 saturated carbocycles. The number of halogens is 4. The fourth-order valence-electron chi connectivity index (χ4n) is 3.38.